The highest BCUT2D eigenvalue weighted by atomic mass is 15.1. The molecule has 0 amide bonds. The van der Waals surface area contributed by atoms with Crippen LogP contribution in [-0.2, 0) is 0 Å². The molecule has 0 radical (unpaired) electrons. The maximum atomic E-state index is 4.16. The van der Waals surface area contributed by atoms with Gasteiger partial charge in [0.1, 0.15) is 0 Å². The minimum absolute atomic E-state index is 0.138. The molecule has 4 heteroatoms. The Morgan fingerprint density at radius 3 is 2.65 bits per heavy atom. The molecule has 0 aliphatic heterocycles. The fourth-order valence-electron chi connectivity index (χ4n) is 1.74. The third-order valence-electron chi connectivity index (χ3n) is 2.56. The SMILES string of the molecule is CCCNC(c1cccnc1)c1ccnnc1. The topological polar surface area (TPSA) is 50.7 Å². The maximum absolute atomic E-state index is 4.16. The molecule has 0 bridgehead atoms. The number of rotatable bonds is 5. The molecule has 2 aromatic heterocycles. The van der Waals surface area contributed by atoms with E-state index in [0.717, 1.165) is 24.1 Å². The molecule has 0 saturated carbocycles. The lowest BCUT2D eigenvalue weighted by atomic mass is 10.0. The van der Waals surface area contributed by atoms with Gasteiger partial charge in [-0.2, -0.15) is 10.2 Å². The van der Waals surface area contributed by atoms with E-state index in [2.05, 4.69) is 33.5 Å². The van der Waals surface area contributed by atoms with Crippen LogP contribution in [0, 0.1) is 0 Å². The summed E-state index contributed by atoms with van der Waals surface area (Å²) in [6.45, 7) is 3.11. The molecule has 2 aromatic rings. The van der Waals surface area contributed by atoms with Gasteiger partial charge in [0, 0.05) is 18.6 Å². The average molecular weight is 228 g/mol. The second-order valence-corrected chi connectivity index (χ2v) is 3.85. The van der Waals surface area contributed by atoms with Gasteiger partial charge in [0.2, 0.25) is 0 Å². The van der Waals surface area contributed by atoms with Crippen LogP contribution in [0.2, 0.25) is 0 Å². The van der Waals surface area contributed by atoms with Crippen molar-refractivity contribution in [3.05, 3.63) is 54.1 Å². The van der Waals surface area contributed by atoms with Crippen LogP contribution in [0.1, 0.15) is 30.5 Å². The van der Waals surface area contributed by atoms with Crippen LogP contribution in [0.25, 0.3) is 0 Å². The summed E-state index contributed by atoms with van der Waals surface area (Å²) < 4.78 is 0. The lowest BCUT2D eigenvalue weighted by Gasteiger charge is -2.18. The van der Waals surface area contributed by atoms with Gasteiger partial charge in [-0.05, 0) is 36.2 Å². The van der Waals surface area contributed by atoms with E-state index in [1.54, 1.807) is 18.6 Å². The number of nitrogens with zero attached hydrogens (tertiary/aromatic N) is 3. The van der Waals surface area contributed by atoms with E-state index in [0.29, 0.717) is 0 Å². The van der Waals surface area contributed by atoms with Crippen molar-refractivity contribution in [3.8, 4) is 0 Å². The van der Waals surface area contributed by atoms with Crippen LogP contribution in [0.3, 0.4) is 0 Å². The molecular weight excluding hydrogens is 212 g/mol. The largest absolute Gasteiger partial charge is 0.306 e. The Morgan fingerprint density at radius 2 is 2.00 bits per heavy atom. The zero-order valence-electron chi connectivity index (χ0n) is 9.87. The highest BCUT2D eigenvalue weighted by Gasteiger charge is 2.13. The number of aromatic nitrogens is 3. The van der Waals surface area contributed by atoms with Crippen molar-refractivity contribution in [2.45, 2.75) is 19.4 Å². The number of nitrogens with one attached hydrogen (secondary N) is 1. The van der Waals surface area contributed by atoms with Crippen LogP contribution in [0.5, 0.6) is 0 Å². The van der Waals surface area contributed by atoms with Gasteiger partial charge >= 0.3 is 0 Å². The van der Waals surface area contributed by atoms with E-state index in [1.807, 2.05) is 18.3 Å². The fraction of sp³-hybridized carbons (Fsp3) is 0.308. The lowest BCUT2D eigenvalue weighted by Crippen LogP contribution is -2.23. The van der Waals surface area contributed by atoms with E-state index in [-0.39, 0.29) is 6.04 Å². The molecule has 0 saturated heterocycles. The van der Waals surface area contributed by atoms with Crippen LogP contribution >= 0.6 is 0 Å². The standard InChI is InChI=1S/C13H16N4/c1-2-6-15-13(11-4-3-7-14-9-11)12-5-8-16-17-10-12/h3-5,7-10,13,15H,2,6H2,1H3. The molecule has 88 valence electrons. The molecule has 17 heavy (non-hydrogen) atoms. The summed E-state index contributed by atoms with van der Waals surface area (Å²) in [6, 6.07) is 6.14. The summed E-state index contributed by atoms with van der Waals surface area (Å²) >= 11 is 0. The Balaban J connectivity index is 2.26. The lowest BCUT2D eigenvalue weighted by molar-refractivity contribution is 0.594. The first-order chi connectivity index (χ1) is 8.42. The van der Waals surface area contributed by atoms with Crippen LogP contribution in [0.4, 0.5) is 0 Å². The van der Waals surface area contributed by atoms with E-state index >= 15 is 0 Å². The van der Waals surface area contributed by atoms with Crippen LogP contribution in [0.15, 0.2) is 43.0 Å². The Labute approximate surface area is 101 Å². The molecule has 1 atom stereocenters. The molecule has 1 unspecified atom stereocenters. The van der Waals surface area contributed by atoms with Gasteiger partial charge in [-0.15, -0.1) is 0 Å². The Hall–Kier alpha value is -1.81. The van der Waals surface area contributed by atoms with Crippen molar-refractivity contribution in [2.24, 2.45) is 0 Å². The highest BCUT2D eigenvalue weighted by Crippen LogP contribution is 2.19. The predicted octanol–water partition coefficient (Wildman–Crippen LogP) is 1.96. The second kappa shape index (κ2) is 6.06. The molecule has 0 fully saturated rings. The minimum atomic E-state index is 0.138. The minimum Gasteiger partial charge on any atom is -0.306 e. The van der Waals surface area contributed by atoms with Gasteiger partial charge in [-0.1, -0.05) is 13.0 Å². The first kappa shape index (κ1) is 11.7. The van der Waals surface area contributed by atoms with Gasteiger partial charge in [0.25, 0.3) is 0 Å². The van der Waals surface area contributed by atoms with E-state index in [1.165, 1.54) is 0 Å². The summed E-state index contributed by atoms with van der Waals surface area (Å²) in [6.07, 6.45) is 8.26. The Morgan fingerprint density at radius 1 is 1.12 bits per heavy atom. The van der Waals surface area contributed by atoms with Gasteiger partial charge < -0.3 is 5.32 Å². The van der Waals surface area contributed by atoms with Gasteiger partial charge in [-0.25, -0.2) is 0 Å². The smallest absolute Gasteiger partial charge is 0.0608 e. The first-order valence-electron chi connectivity index (χ1n) is 5.81. The summed E-state index contributed by atoms with van der Waals surface area (Å²) in [5.41, 5.74) is 2.26. The molecular formula is C13H16N4. The van der Waals surface area contributed by atoms with Crippen molar-refractivity contribution in [3.63, 3.8) is 0 Å². The maximum Gasteiger partial charge on any atom is 0.0608 e. The van der Waals surface area contributed by atoms with E-state index < -0.39 is 0 Å². The normalized spacial score (nSPS) is 12.3. The second-order valence-electron chi connectivity index (χ2n) is 3.85. The summed E-state index contributed by atoms with van der Waals surface area (Å²) in [4.78, 5) is 4.16. The Bertz CT molecular complexity index is 390. The van der Waals surface area contributed by atoms with Gasteiger partial charge in [0.05, 0.1) is 12.2 Å². The van der Waals surface area contributed by atoms with Crippen molar-refractivity contribution in [1.82, 2.24) is 20.5 Å². The molecule has 0 aliphatic carbocycles. The number of pyridine rings is 1. The number of hydrogen-bond donors (Lipinski definition) is 1. The number of hydrogen-bond acceptors (Lipinski definition) is 4. The molecule has 0 spiro atoms. The van der Waals surface area contributed by atoms with Crippen LogP contribution < -0.4 is 5.32 Å². The van der Waals surface area contributed by atoms with E-state index in [4.69, 9.17) is 0 Å². The molecule has 2 heterocycles. The monoisotopic (exact) mass is 228 g/mol. The van der Waals surface area contributed by atoms with Crippen molar-refractivity contribution >= 4 is 0 Å². The van der Waals surface area contributed by atoms with Crippen molar-refractivity contribution < 1.29 is 0 Å². The molecule has 4 nitrogen and oxygen atoms in total. The molecule has 2 rings (SSSR count). The summed E-state index contributed by atoms with van der Waals surface area (Å²) in [7, 11) is 0. The van der Waals surface area contributed by atoms with Crippen LogP contribution in [-0.4, -0.2) is 21.7 Å². The summed E-state index contributed by atoms with van der Waals surface area (Å²) in [5.74, 6) is 0. The first-order valence-corrected chi connectivity index (χ1v) is 5.81. The quantitative estimate of drug-likeness (QED) is 0.850. The molecule has 1 N–H and O–H groups in total. The third kappa shape index (κ3) is 3.07. The Kier molecular flexibility index (Phi) is 4.16. The third-order valence-corrected chi connectivity index (χ3v) is 2.56. The molecule has 0 aliphatic rings. The van der Waals surface area contributed by atoms with Crippen molar-refractivity contribution in [2.75, 3.05) is 6.54 Å². The predicted molar refractivity (Wildman–Crippen MR) is 66.4 cm³/mol. The fourth-order valence-corrected chi connectivity index (χ4v) is 1.74. The zero-order valence-corrected chi connectivity index (χ0v) is 9.87. The van der Waals surface area contributed by atoms with Crippen molar-refractivity contribution in [1.29, 1.82) is 0 Å². The van der Waals surface area contributed by atoms with E-state index in [9.17, 15) is 0 Å². The highest BCUT2D eigenvalue weighted by molar-refractivity contribution is 5.26. The van der Waals surface area contributed by atoms with Gasteiger partial charge in [0.15, 0.2) is 0 Å². The zero-order chi connectivity index (χ0) is 11.9. The molecule has 0 aromatic carbocycles. The van der Waals surface area contributed by atoms with Gasteiger partial charge in [-0.3, -0.25) is 4.98 Å². The summed E-state index contributed by atoms with van der Waals surface area (Å²) in [5, 5.41) is 11.2. The average Bonchev–Trinajstić information content (AvgIpc) is 2.42.